The first kappa shape index (κ1) is 26.0. The molecule has 5 aromatic rings. The number of rotatable bonds is 8. The zero-order chi connectivity index (χ0) is 27.3. The molecule has 1 aliphatic rings. The van der Waals surface area contributed by atoms with Gasteiger partial charge in [-0.1, -0.05) is 78.9 Å². The normalized spacial score (nSPS) is 12.9. The smallest absolute Gasteiger partial charge is 0.254 e. The molecular weight excluding hydrogens is 519 g/mol. The van der Waals surface area contributed by atoms with Gasteiger partial charge in [-0.25, -0.2) is 9.38 Å². The second-order valence-corrected chi connectivity index (χ2v) is 11.0. The maximum absolute atomic E-state index is 14.3. The van der Waals surface area contributed by atoms with Gasteiger partial charge in [0.15, 0.2) is 0 Å². The van der Waals surface area contributed by atoms with Crippen molar-refractivity contribution in [3.8, 4) is 5.75 Å². The fraction of sp³-hybridized carbons (Fsp3) is 0.176. The molecule has 1 N–H and O–H groups in total. The summed E-state index contributed by atoms with van der Waals surface area (Å²) in [6.07, 6.45) is 5.85. The maximum atomic E-state index is 14.3. The first-order chi connectivity index (χ1) is 19.7. The Balaban J connectivity index is 1.35. The van der Waals surface area contributed by atoms with Crippen LogP contribution in [-0.2, 0) is 26.0 Å². The molecule has 0 aliphatic heterocycles. The average Bonchev–Trinajstić information content (AvgIpc) is 3.37. The molecule has 4 aromatic carbocycles. The minimum absolute atomic E-state index is 0.0932. The number of benzene rings is 4. The first-order valence-corrected chi connectivity index (χ1v) is 14.4. The summed E-state index contributed by atoms with van der Waals surface area (Å²) < 4.78 is 20.4. The number of thiophene rings is 1. The van der Waals surface area contributed by atoms with E-state index >= 15 is 0 Å². The van der Waals surface area contributed by atoms with Crippen molar-refractivity contribution in [3.05, 3.63) is 130 Å². The molecule has 0 radical (unpaired) electrons. The molecule has 0 saturated heterocycles. The standard InChI is InChI=1S/C34H29FN2O2S/c35-29-16-8-5-13-25(29)22-39-30-19-18-24-12-4-6-14-26(24)28(30)21-37-34-32(27-15-7-9-17-31(27)40-34)33(38)36-20-23-10-2-1-3-11-23/h1-6,8,10-14,16,18-19,21H,7,9,15,17,20,22H2,(H,36,38)/b37-21-. The molecule has 0 unspecified atom stereocenters. The number of aryl methyl sites for hydroxylation is 1. The van der Waals surface area contributed by atoms with E-state index in [2.05, 4.69) is 5.32 Å². The minimum atomic E-state index is -0.297. The van der Waals surface area contributed by atoms with Crippen LogP contribution < -0.4 is 10.1 Å². The molecular formula is C34H29FN2O2S. The molecule has 40 heavy (non-hydrogen) atoms. The van der Waals surface area contributed by atoms with E-state index in [1.54, 1.807) is 35.8 Å². The summed E-state index contributed by atoms with van der Waals surface area (Å²) in [4.78, 5) is 19.7. The summed E-state index contributed by atoms with van der Waals surface area (Å²) in [5.74, 6) is 0.222. The van der Waals surface area contributed by atoms with Crippen molar-refractivity contribution >= 4 is 39.2 Å². The number of carbonyl (C=O) groups is 1. The molecule has 1 aliphatic carbocycles. The molecule has 0 bridgehead atoms. The van der Waals surface area contributed by atoms with Crippen molar-refractivity contribution in [3.63, 3.8) is 0 Å². The molecule has 6 rings (SSSR count). The third-order valence-corrected chi connectivity index (χ3v) is 8.46. The summed E-state index contributed by atoms with van der Waals surface area (Å²) in [6.45, 7) is 0.567. The van der Waals surface area contributed by atoms with Crippen LogP contribution in [0, 0.1) is 5.82 Å². The molecule has 1 aromatic heterocycles. The van der Waals surface area contributed by atoms with Gasteiger partial charge < -0.3 is 10.1 Å². The van der Waals surface area contributed by atoms with Crippen LogP contribution in [0.3, 0.4) is 0 Å². The second kappa shape index (κ2) is 11.8. The Morgan fingerprint density at radius 1 is 0.925 bits per heavy atom. The Hall–Kier alpha value is -4.29. The van der Waals surface area contributed by atoms with Crippen LogP contribution in [0.4, 0.5) is 9.39 Å². The van der Waals surface area contributed by atoms with E-state index in [9.17, 15) is 9.18 Å². The van der Waals surface area contributed by atoms with Gasteiger partial charge in [-0.15, -0.1) is 11.3 Å². The SMILES string of the molecule is O=C(NCc1ccccc1)c1c(/N=C\c2c(OCc3ccccc3F)ccc3ccccc23)sc2c1CCCC2. The largest absolute Gasteiger partial charge is 0.488 e. The number of nitrogens with one attached hydrogen (secondary N) is 1. The fourth-order valence-corrected chi connectivity index (χ4v) is 6.40. The molecule has 0 atom stereocenters. The Bertz CT molecular complexity index is 1690. The summed E-state index contributed by atoms with van der Waals surface area (Å²) in [6, 6.07) is 28.5. The molecule has 1 heterocycles. The number of nitrogens with zero attached hydrogens (tertiary/aromatic N) is 1. The lowest BCUT2D eigenvalue weighted by Gasteiger charge is -2.13. The van der Waals surface area contributed by atoms with Crippen LogP contribution in [0.2, 0.25) is 0 Å². The van der Waals surface area contributed by atoms with Crippen LogP contribution in [0.5, 0.6) is 5.75 Å². The van der Waals surface area contributed by atoms with E-state index in [-0.39, 0.29) is 18.3 Å². The highest BCUT2D eigenvalue weighted by Crippen LogP contribution is 2.40. The lowest BCUT2D eigenvalue weighted by atomic mass is 9.95. The van der Waals surface area contributed by atoms with Crippen molar-refractivity contribution in [2.24, 2.45) is 4.99 Å². The van der Waals surface area contributed by atoms with Gasteiger partial charge in [-0.2, -0.15) is 0 Å². The number of hydrogen-bond acceptors (Lipinski definition) is 4. The molecule has 200 valence electrons. The van der Waals surface area contributed by atoms with Crippen LogP contribution in [0.15, 0.2) is 96.0 Å². The van der Waals surface area contributed by atoms with Crippen LogP contribution in [0.1, 0.15) is 50.3 Å². The minimum Gasteiger partial charge on any atom is -0.488 e. The highest BCUT2D eigenvalue weighted by atomic mass is 32.1. The number of fused-ring (bicyclic) bond motifs is 2. The quantitative estimate of drug-likeness (QED) is 0.199. The van der Waals surface area contributed by atoms with Gasteiger partial charge in [0.2, 0.25) is 0 Å². The van der Waals surface area contributed by atoms with Crippen LogP contribution >= 0.6 is 11.3 Å². The topological polar surface area (TPSA) is 50.7 Å². The van der Waals surface area contributed by atoms with Crippen molar-refractivity contribution in [1.82, 2.24) is 5.32 Å². The summed E-state index contributed by atoms with van der Waals surface area (Å²) >= 11 is 1.61. The van der Waals surface area contributed by atoms with Gasteiger partial charge in [0, 0.05) is 28.8 Å². The molecule has 0 fully saturated rings. The van der Waals surface area contributed by atoms with Gasteiger partial charge in [0.1, 0.15) is 23.2 Å². The van der Waals surface area contributed by atoms with Crippen LogP contribution in [-0.4, -0.2) is 12.1 Å². The Kier molecular flexibility index (Phi) is 7.69. The summed E-state index contributed by atoms with van der Waals surface area (Å²) in [5, 5.41) is 5.85. The number of ether oxygens (including phenoxy) is 1. The lowest BCUT2D eigenvalue weighted by molar-refractivity contribution is 0.0951. The van der Waals surface area contributed by atoms with Crippen molar-refractivity contribution < 1.29 is 13.9 Å². The zero-order valence-electron chi connectivity index (χ0n) is 22.0. The number of amides is 1. The Labute approximate surface area is 237 Å². The fourth-order valence-electron chi connectivity index (χ4n) is 5.17. The molecule has 0 spiro atoms. The van der Waals surface area contributed by atoms with Gasteiger partial charge >= 0.3 is 0 Å². The molecule has 1 amide bonds. The van der Waals surface area contributed by atoms with Gasteiger partial charge in [-0.3, -0.25) is 4.79 Å². The van der Waals surface area contributed by atoms with Gasteiger partial charge in [-0.05, 0) is 59.7 Å². The van der Waals surface area contributed by atoms with Crippen molar-refractivity contribution in [1.29, 1.82) is 0 Å². The molecule has 0 saturated carbocycles. The third kappa shape index (κ3) is 5.54. The van der Waals surface area contributed by atoms with E-state index in [1.807, 2.05) is 66.7 Å². The van der Waals surface area contributed by atoms with Crippen LogP contribution in [0.25, 0.3) is 10.8 Å². The van der Waals surface area contributed by atoms with Crippen molar-refractivity contribution in [2.45, 2.75) is 38.8 Å². The number of halogens is 1. The number of hydrogen-bond donors (Lipinski definition) is 1. The zero-order valence-corrected chi connectivity index (χ0v) is 22.8. The number of aliphatic imine (C=N–C) groups is 1. The van der Waals surface area contributed by atoms with E-state index in [4.69, 9.17) is 9.73 Å². The lowest BCUT2D eigenvalue weighted by Crippen LogP contribution is -2.24. The average molecular weight is 549 g/mol. The molecule has 4 nitrogen and oxygen atoms in total. The van der Waals surface area contributed by atoms with E-state index in [0.29, 0.717) is 28.4 Å². The predicted molar refractivity (Wildman–Crippen MR) is 161 cm³/mol. The monoisotopic (exact) mass is 548 g/mol. The van der Waals surface area contributed by atoms with E-state index < -0.39 is 0 Å². The highest BCUT2D eigenvalue weighted by Gasteiger charge is 2.25. The van der Waals surface area contributed by atoms with Gasteiger partial charge in [0.25, 0.3) is 5.91 Å². The van der Waals surface area contributed by atoms with E-state index in [0.717, 1.165) is 53.1 Å². The second-order valence-electron chi connectivity index (χ2n) is 9.90. The molecule has 6 heteroatoms. The summed E-state index contributed by atoms with van der Waals surface area (Å²) in [5.41, 5.74) is 4.15. The Morgan fingerprint density at radius 3 is 2.58 bits per heavy atom. The first-order valence-electron chi connectivity index (χ1n) is 13.6. The highest BCUT2D eigenvalue weighted by molar-refractivity contribution is 7.16. The number of carbonyl (C=O) groups excluding carboxylic acids is 1. The third-order valence-electron chi connectivity index (χ3n) is 7.26. The Morgan fingerprint density at radius 2 is 1.70 bits per heavy atom. The summed E-state index contributed by atoms with van der Waals surface area (Å²) in [7, 11) is 0. The van der Waals surface area contributed by atoms with Crippen molar-refractivity contribution in [2.75, 3.05) is 0 Å². The van der Waals surface area contributed by atoms with Gasteiger partial charge in [0.05, 0.1) is 5.56 Å². The predicted octanol–water partition coefficient (Wildman–Crippen LogP) is 8.18. The maximum Gasteiger partial charge on any atom is 0.254 e. The van der Waals surface area contributed by atoms with E-state index in [1.165, 1.54) is 10.9 Å².